The van der Waals surface area contributed by atoms with Crippen LogP contribution in [0.3, 0.4) is 0 Å². The van der Waals surface area contributed by atoms with Crippen molar-refractivity contribution in [2.45, 2.75) is 251 Å². The van der Waals surface area contributed by atoms with Crippen molar-refractivity contribution in [2.24, 2.45) is 0 Å². The molecule has 3 atom stereocenters. The number of hydrogen-bond acceptors (Lipinski definition) is 10. The molecule has 0 aliphatic carbocycles. The molecule has 0 aliphatic rings. The zero-order valence-electron chi connectivity index (χ0n) is 44.5. The van der Waals surface area contributed by atoms with E-state index < -0.39 is 57.8 Å². The maximum Gasteiger partial charge on any atom is 0.472 e. The van der Waals surface area contributed by atoms with Crippen LogP contribution < -0.4 is 0 Å². The molecule has 404 valence electrons. The summed E-state index contributed by atoms with van der Waals surface area (Å²) >= 11 is 0. The van der Waals surface area contributed by atoms with Crippen molar-refractivity contribution in [3.63, 3.8) is 0 Å². The van der Waals surface area contributed by atoms with Crippen molar-refractivity contribution in [3.8, 4) is 0 Å². The predicted octanol–water partition coefficient (Wildman–Crippen LogP) is 16.1. The van der Waals surface area contributed by atoms with E-state index in [2.05, 4.69) is 81.5 Å². The van der Waals surface area contributed by atoms with Gasteiger partial charge in [0.15, 0.2) is 6.10 Å². The van der Waals surface area contributed by atoms with Gasteiger partial charge >= 0.3 is 25.7 Å². The van der Waals surface area contributed by atoms with Crippen LogP contribution in [-0.4, -0.2) is 66.5 Å². The minimum Gasteiger partial charge on any atom is -0.462 e. The first-order valence-corrected chi connectivity index (χ1v) is 29.3. The fourth-order valence-corrected chi connectivity index (χ4v) is 8.18. The molecule has 0 spiro atoms. The van der Waals surface area contributed by atoms with E-state index in [-0.39, 0.29) is 25.9 Å². The summed E-state index contributed by atoms with van der Waals surface area (Å²) in [7, 11) is -4.76. The van der Waals surface area contributed by atoms with E-state index in [4.69, 9.17) is 23.3 Å². The Morgan fingerprint density at radius 2 is 0.771 bits per heavy atom. The fraction of sp³-hybridized carbons (Fsp3) is 0.741. The first-order valence-electron chi connectivity index (χ1n) is 27.8. The Hall–Kier alpha value is -3.08. The van der Waals surface area contributed by atoms with Crippen LogP contribution in [0.25, 0.3) is 0 Å². The van der Waals surface area contributed by atoms with Crippen LogP contribution in [0.15, 0.2) is 72.9 Å². The van der Waals surface area contributed by atoms with Crippen molar-refractivity contribution in [1.29, 1.82) is 0 Å². The molecule has 0 aromatic rings. The number of carbonyl (C=O) groups is 3. The Kier molecular flexibility index (Phi) is 50.0. The molecule has 0 fully saturated rings. The second kappa shape index (κ2) is 52.2. The highest BCUT2D eigenvalue weighted by Gasteiger charge is 2.28. The van der Waals surface area contributed by atoms with Gasteiger partial charge in [0.2, 0.25) is 0 Å². The normalized spacial score (nSPS) is 14.0. The molecule has 0 aromatic carbocycles. The van der Waals surface area contributed by atoms with E-state index in [1.165, 1.54) is 96.3 Å². The lowest BCUT2D eigenvalue weighted by Gasteiger charge is -2.21. The molecule has 0 rings (SSSR count). The highest BCUT2D eigenvalue weighted by atomic mass is 31.2. The van der Waals surface area contributed by atoms with Gasteiger partial charge in [0.05, 0.1) is 19.8 Å². The minimum absolute atomic E-state index is 0.103. The number of aliphatic hydroxyl groups excluding tert-OH is 1. The molecule has 0 saturated carbocycles. The first-order chi connectivity index (χ1) is 34.2. The standard InChI is InChI=1S/C58H101O11P/c1-4-7-10-13-16-19-22-25-26-27-28-31-34-37-40-43-46-49-58(62)69-55(51-65-56(60)47-44-41-38-35-32-29-23-20-17-14-11-8-5-2)53-67-70(63,64)66-52-54(50-59)68-57(61)48-45-42-39-36-33-30-24-21-18-15-12-9-6-3/h8,11,16-17,19-20,25-26,29,32,38,41,54-55,59H,4-7,9-10,12-15,18,21-24,27-28,30-31,33-37,39-40,42-53H2,1-3H3,(H,63,64)/b11-8-,19-16-,20-17-,26-25-,32-29-,41-38-. The van der Waals surface area contributed by atoms with E-state index in [9.17, 15) is 28.9 Å². The molecule has 0 bridgehead atoms. The van der Waals surface area contributed by atoms with Crippen LogP contribution in [-0.2, 0) is 42.2 Å². The number of phosphoric acid groups is 1. The average Bonchev–Trinajstić information content (AvgIpc) is 3.35. The molecular weight excluding hydrogens is 904 g/mol. The summed E-state index contributed by atoms with van der Waals surface area (Å²) in [5.41, 5.74) is 0. The first kappa shape index (κ1) is 66.9. The average molecular weight is 1010 g/mol. The Bertz CT molecular complexity index is 1450. The van der Waals surface area contributed by atoms with E-state index in [0.717, 1.165) is 83.5 Å². The minimum atomic E-state index is -4.76. The van der Waals surface area contributed by atoms with Gasteiger partial charge in [-0.15, -0.1) is 0 Å². The lowest BCUT2D eigenvalue weighted by atomic mass is 10.0. The molecule has 0 radical (unpaired) electrons. The maximum absolute atomic E-state index is 12.9. The summed E-state index contributed by atoms with van der Waals surface area (Å²) in [5, 5.41) is 9.79. The quantitative estimate of drug-likeness (QED) is 0.0197. The van der Waals surface area contributed by atoms with Crippen molar-refractivity contribution < 1.29 is 52.2 Å². The lowest BCUT2D eigenvalue weighted by molar-refractivity contribution is -0.161. The van der Waals surface area contributed by atoms with Gasteiger partial charge in [0.1, 0.15) is 12.7 Å². The molecule has 11 nitrogen and oxygen atoms in total. The Labute approximate surface area is 427 Å². The molecule has 0 aliphatic heterocycles. The number of hydrogen-bond donors (Lipinski definition) is 2. The molecule has 0 amide bonds. The van der Waals surface area contributed by atoms with Crippen LogP contribution in [0.5, 0.6) is 0 Å². The van der Waals surface area contributed by atoms with Crippen LogP contribution in [0, 0.1) is 0 Å². The van der Waals surface area contributed by atoms with Gasteiger partial charge in [-0.2, -0.15) is 0 Å². The predicted molar refractivity (Wildman–Crippen MR) is 288 cm³/mol. The van der Waals surface area contributed by atoms with Gasteiger partial charge in [-0.05, 0) is 77.0 Å². The van der Waals surface area contributed by atoms with Gasteiger partial charge in [-0.25, -0.2) is 4.57 Å². The summed E-state index contributed by atoms with van der Waals surface area (Å²) in [6.07, 6.45) is 57.3. The SMILES string of the molecule is CC/C=C\C/C=C\C/C=C\C/C=C\CCC(=O)OCC(COP(=O)(O)OCC(CO)OC(=O)CCCCCCCCCCCCCCC)OC(=O)CCCCCCCCC/C=C\C/C=C\CCCCC. The molecule has 0 saturated heterocycles. The van der Waals surface area contributed by atoms with Gasteiger partial charge in [-0.1, -0.05) is 216 Å². The summed E-state index contributed by atoms with van der Waals surface area (Å²) in [6.45, 7) is 4.42. The molecule has 0 aromatic heterocycles. The zero-order valence-corrected chi connectivity index (χ0v) is 45.4. The third-order valence-electron chi connectivity index (χ3n) is 11.6. The molecule has 3 unspecified atom stereocenters. The number of rotatable bonds is 51. The number of allylic oxidation sites excluding steroid dienone is 12. The molecule has 0 heterocycles. The second-order valence-corrected chi connectivity index (χ2v) is 19.8. The molecular formula is C58H101O11P. The second-order valence-electron chi connectivity index (χ2n) is 18.4. The number of carbonyl (C=O) groups excluding carboxylic acids is 3. The lowest BCUT2D eigenvalue weighted by Crippen LogP contribution is -2.30. The Morgan fingerprint density at radius 3 is 1.23 bits per heavy atom. The summed E-state index contributed by atoms with van der Waals surface area (Å²) in [5.74, 6) is -1.57. The van der Waals surface area contributed by atoms with Gasteiger partial charge in [0, 0.05) is 19.3 Å². The van der Waals surface area contributed by atoms with Gasteiger partial charge < -0.3 is 24.2 Å². The maximum atomic E-state index is 12.9. The van der Waals surface area contributed by atoms with Crippen molar-refractivity contribution in [3.05, 3.63) is 72.9 Å². The molecule has 2 N–H and O–H groups in total. The highest BCUT2D eigenvalue weighted by Crippen LogP contribution is 2.43. The third-order valence-corrected chi connectivity index (χ3v) is 12.6. The smallest absolute Gasteiger partial charge is 0.462 e. The Balaban J connectivity index is 4.80. The number of unbranched alkanes of at least 4 members (excludes halogenated alkanes) is 22. The van der Waals surface area contributed by atoms with Crippen LogP contribution >= 0.6 is 7.82 Å². The van der Waals surface area contributed by atoms with Gasteiger partial charge in [0.25, 0.3) is 0 Å². The highest BCUT2D eigenvalue weighted by molar-refractivity contribution is 7.47. The number of esters is 3. The largest absolute Gasteiger partial charge is 0.472 e. The van der Waals surface area contributed by atoms with E-state index in [1.54, 1.807) is 0 Å². The summed E-state index contributed by atoms with van der Waals surface area (Å²) in [4.78, 5) is 48.4. The fourth-order valence-electron chi connectivity index (χ4n) is 7.40. The van der Waals surface area contributed by atoms with Crippen molar-refractivity contribution >= 4 is 25.7 Å². The van der Waals surface area contributed by atoms with E-state index >= 15 is 0 Å². The van der Waals surface area contributed by atoms with Crippen molar-refractivity contribution in [2.75, 3.05) is 26.4 Å². The van der Waals surface area contributed by atoms with Crippen LogP contribution in [0.2, 0.25) is 0 Å². The van der Waals surface area contributed by atoms with E-state index in [1.807, 2.05) is 12.2 Å². The summed E-state index contributed by atoms with van der Waals surface area (Å²) in [6, 6.07) is 0. The number of ether oxygens (including phenoxy) is 3. The van der Waals surface area contributed by atoms with Gasteiger partial charge in [-0.3, -0.25) is 23.4 Å². The molecule has 12 heteroatoms. The van der Waals surface area contributed by atoms with Crippen LogP contribution in [0.4, 0.5) is 0 Å². The van der Waals surface area contributed by atoms with Crippen LogP contribution in [0.1, 0.15) is 239 Å². The monoisotopic (exact) mass is 1000 g/mol. The number of aliphatic hydroxyl groups is 1. The third kappa shape index (κ3) is 49.9. The Morgan fingerprint density at radius 1 is 0.414 bits per heavy atom. The van der Waals surface area contributed by atoms with Crippen molar-refractivity contribution in [1.82, 2.24) is 0 Å². The summed E-state index contributed by atoms with van der Waals surface area (Å²) < 4.78 is 39.4. The topological polar surface area (TPSA) is 155 Å². The molecule has 70 heavy (non-hydrogen) atoms. The zero-order chi connectivity index (χ0) is 51.3. The number of phosphoric ester groups is 1. The van der Waals surface area contributed by atoms with E-state index in [0.29, 0.717) is 19.3 Å².